The van der Waals surface area contributed by atoms with Crippen LogP contribution in [-0.4, -0.2) is 33.1 Å². The quantitative estimate of drug-likeness (QED) is 0.329. The van der Waals surface area contributed by atoms with Gasteiger partial charge in [-0.25, -0.2) is 0 Å². The van der Waals surface area contributed by atoms with Gasteiger partial charge in [-0.15, -0.1) is 0 Å². The van der Waals surface area contributed by atoms with Crippen LogP contribution in [0.4, 0.5) is 0 Å². The maximum absolute atomic E-state index is 10.9. The first-order valence-corrected chi connectivity index (χ1v) is 9.02. The normalized spacial score (nSPS) is 9.38. The molecule has 0 saturated heterocycles. The van der Waals surface area contributed by atoms with E-state index in [9.17, 15) is 9.59 Å². The Hall–Kier alpha value is -0.261. The van der Waals surface area contributed by atoms with Crippen LogP contribution in [0, 0.1) is 0 Å². The zero-order valence-electron chi connectivity index (χ0n) is 8.04. The Morgan fingerprint density at radius 2 is 2.00 bits per heavy atom. The molecule has 0 aliphatic heterocycles. The maximum atomic E-state index is 10.9. The van der Waals surface area contributed by atoms with Crippen molar-refractivity contribution in [3.05, 3.63) is 0 Å². The summed E-state index contributed by atoms with van der Waals surface area (Å²) in [7, 11) is 0. The molecule has 0 fully saturated rings. The minimum absolute atomic E-state index is 0.396. The number of carbonyl (C=O) groups excluding carboxylic acids is 2. The van der Waals surface area contributed by atoms with Crippen molar-refractivity contribution >= 4 is 33.1 Å². The second-order valence-corrected chi connectivity index (χ2v) is 7.13. The molecule has 0 aromatic carbocycles. The molecule has 0 amide bonds. The van der Waals surface area contributed by atoms with Crippen molar-refractivity contribution < 1.29 is 19.4 Å². The topological polar surface area (TPSA) is 52.6 Å². The number of hydrogen-bond donors (Lipinski definition) is 0. The van der Waals surface area contributed by atoms with Crippen LogP contribution in [-0.2, 0) is 19.4 Å². The fourth-order valence-electron chi connectivity index (χ4n) is 0.708. The van der Waals surface area contributed by atoms with Gasteiger partial charge in [0.1, 0.15) is 0 Å². The molecular formula is C8H15O4Sn. The molecule has 0 aliphatic carbocycles. The molecule has 13 heavy (non-hydrogen) atoms. The first kappa shape index (κ1) is 12.7. The summed E-state index contributed by atoms with van der Waals surface area (Å²) in [6.07, 6.45) is 2.37. The van der Waals surface area contributed by atoms with Crippen LogP contribution in [0.1, 0.15) is 26.7 Å². The van der Waals surface area contributed by atoms with Gasteiger partial charge in [0.2, 0.25) is 0 Å². The molecule has 0 bridgehead atoms. The molecule has 0 unspecified atom stereocenters. The van der Waals surface area contributed by atoms with Crippen molar-refractivity contribution in [1.29, 1.82) is 0 Å². The Kier molecular flexibility index (Phi) is 8.17. The summed E-state index contributed by atoms with van der Waals surface area (Å²) >= 11 is -0.779. The van der Waals surface area contributed by atoms with E-state index in [0.29, 0.717) is 4.44 Å². The van der Waals surface area contributed by atoms with Crippen LogP contribution >= 0.6 is 0 Å². The number of carbonyl (C=O) groups is 2. The average molecular weight is 294 g/mol. The van der Waals surface area contributed by atoms with E-state index in [4.69, 9.17) is 0 Å². The van der Waals surface area contributed by atoms with Crippen molar-refractivity contribution in [2.45, 2.75) is 35.6 Å². The van der Waals surface area contributed by atoms with Crippen LogP contribution in [0.3, 0.4) is 0 Å². The standard InChI is InChI=1S/C4H5O4.C4H9.Sn.H/c1-3(5)7-8-4(2)6;1-3-4-2;;/h1H2,2H3;1,3-4H2,2H3;;. The molecule has 0 rings (SSSR count). The number of unbranched alkanes of at least 4 members (excludes halogenated alkanes) is 1. The Bertz CT molecular complexity index is 170. The molecular weight excluding hydrogens is 279 g/mol. The Morgan fingerprint density at radius 3 is 2.54 bits per heavy atom. The summed E-state index contributed by atoms with van der Waals surface area (Å²) in [5.74, 6) is -0.984. The van der Waals surface area contributed by atoms with Crippen molar-refractivity contribution in [3.8, 4) is 0 Å². The Morgan fingerprint density at radius 1 is 1.31 bits per heavy atom. The molecule has 0 aromatic rings. The fourth-order valence-corrected chi connectivity index (χ4v) is 4.15. The summed E-state index contributed by atoms with van der Waals surface area (Å²) in [5, 5.41) is 0. The minimum atomic E-state index is -0.779. The summed E-state index contributed by atoms with van der Waals surface area (Å²) < 4.78 is 1.70. The Labute approximate surface area is 88.1 Å². The van der Waals surface area contributed by atoms with Crippen LogP contribution in [0.5, 0.6) is 0 Å². The average Bonchev–Trinajstić information content (AvgIpc) is 2.09. The molecule has 0 heterocycles. The first-order valence-electron chi connectivity index (χ1n) is 4.36. The van der Waals surface area contributed by atoms with Gasteiger partial charge in [0.05, 0.1) is 0 Å². The zero-order chi connectivity index (χ0) is 10.1. The van der Waals surface area contributed by atoms with Gasteiger partial charge in [0.25, 0.3) is 0 Å². The Balaban J connectivity index is 3.25. The molecule has 4 nitrogen and oxygen atoms in total. The van der Waals surface area contributed by atoms with Gasteiger partial charge >= 0.3 is 88.0 Å². The van der Waals surface area contributed by atoms with E-state index in [1.807, 2.05) is 0 Å². The molecule has 0 N–H and O–H groups in total. The van der Waals surface area contributed by atoms with Crippen LogP contribution in [0.2, 0.25) is 8.87 Å². The third kappa shape index (κ3) is 9.65. The monoisotopic (exact) mass is 295 g/mol. The van der Waals surface area contributed by atoms with Gasteiger partial charge in [-0.05, 0) is 0 Å². The molecule has 0 aromatic heterocycles. The predicted molar refractivity (Wildman–Crippen MR) is 49.5 cm³/mol. The summed E-state index contributed by atoms with van der Waals surface area (Å²) in [6, 6.07) is 0. The SMILES string of the molecule is CCC[CH2][SnH][CH2]C(=O)OOC(C)=O. The van der Waals surface area contributed by atoms with E-state index in [-0.39, 0.29) is 0 Å². The number of rotatable bonds is 5. The van der Waals surface area contributed by atoms with Crippen molar-refractivity contribution in [2.75, 3.05) is 0 Å². The van der Waals surface area contributed by atoms with E-state index in [1.165, 1.54) is 24.2 Å². The third-order valence-corrected chi connectivity index (χ3v) is 5.43. The van der Waals surface area contributed by atoms with Crippen molar-refractivity contribution in [3.63, 3.8) is 0 Å². The van der Waals surface area contributed by atoms with Crippen molar-refractivity contribution in [2.24, 2.45) is 0 Å². The molecule has 1 radical (unpaired) electrons. The van der Waals surface area contributed by atoms with Crippen LogP contribution < -0.4 is 0 Å². The molecule has 0 saturated carbocycles. The summed E-state index contributed by atoms with van der Waals surface area (Å²) in [5.41, 5.74) is 0. The predicted octanol–water partition coefficient (Wildman–Crippen LogP) is 1.08. The van der Waals surface area contributed by atoms with E-state index < -0.39 is 33.1 Å². The second-order valence-electron chi connectivity index (χ2n) is 2.67. The number of hydrogen-bond acceptors (Lipinski definition) is 4. The molecule has 75 valence electrons. The molecule has 0 spiro atoms. The molecule has 5 heteroatoms. The van der Waals surface area contributed by atoms with Crippen molar-refractivity contribution in [1.82, 2.24) is 0 Å². The van der Waals surface area contributed by atoms with Gasteiger partial charge in [-0.2, -0.15) is 0 Å². The van der Waals surface area contributed by atoms with E-state index >= 15 is 0 Å². The van der Waals surface area contributed by atoms with E-state index in [1.54, 1.807) is 0 Å². The van der Waals surface area contributed by atoms with Gasteiger partial charge in [0, 0.05) is 0 Å². The van der Waals surface area contributed by atoms with E-state index in [2.05, 4.69) is 16.7 Å². The molecule has 0 atom stereocenters. The van der Waals surface area contributed by atoms with Crippen LogP contribution in [0.15, 0.2) is 0 Å². The van der Waals surface area contributed by atoms with Gasteiger partial charge in [-0.1, -0.05) is 0 Å². The van der Waals surface area contributed by atoms with Gasteiger partial charge in [-0.3, -0.25) is 0 Å². The molecule has 0 aliphatic rings. The van der Waals surface area contributed by atoms with Crippen LogP contribution in [0.25, 0.3) is 0 Å². The first-order chi connectivity index (χ1) is 6.16. The van der Waals surface area contributed by atoms with Gasteiger partial charge < -0.3 is 0 Å². The van der Waals surface area contributed by atoms with Gasteiger partial charge in [0.15, 0.2) is 0 Å². The second kappa shape index (κ2) is 8.34. The zero-order valence-corrected chi connectivity index (χ0v) is 11.3. The summed E-state index contributed by atoms with van der Waals surface area (Å²) in [4.78, 5) is 29.4. The third-order valence-electron chi connectivity index (χ3n) is 1.32. The van der Waals surface area contributed by atoms with E-state index in [0.717, 1.165) is 0 Å². The summed E-state index contributed by atoms with van der Waals surface area (Å²) in [6.45, 7) is 3.33. The fraction of sp³-hybridized carbons (Fsp3) is 0.750.